The van der Waals surface area contributed by atoms with Gasteiger partial charge in [0.25, 0.3) is 0 Å². The van der Waals surface area contributed by atoms with E-state index >= 15 is 0 Å². The number of amides is 2. The van der Waals surface area contributed by atoms with Crippen LogP contribution in [0.4, 0.5) is 4.79 Å². The Balaban J connectivity index is 2.05. The van der Waals surface area contributed by atoms with E-state index in [2.05, 4.69) is 10.6 Å². The van der Waals surface area contributed by atoms with Crippen molar-refractivity contribution < 1.29 is 27.3 Å². The normalized spacial score (nSPS) is 10.8. The first-order chi connectivity index (χ1) is 10.9. The van der Waals surface area contributed by atoms with Crippen LogP contribution < -0.4 is 10.6 Å². The van der Waals surface area contributed by atoms with Gasteiger partial charge in [0.15, 0.2) is 0 Å². The number of carbonyl (C=O) groups is 2. The smallest absolute Gasteiger partial charge is 0.407 e. The molecule has 0 aromatic heterocycles. The minimum Gasteiger partial charge on any atom is -0.748 e. The molecular formula is C14H19N2O6S-. The second kappa shape index (κ2) is 9.80. The molecule has 2 N–H and O–H groups in total. The Hall–Kier alpha value is -2.13. The maximum absolute atomic E-state index is 11.4. The van der Waals surface area contributed by atoms with Crippen molar-refractivity contribution in [2.24, 2.45) is 0 Å². The van der Waals surface area contributed by atoms with Crippen molar-refractivity contribution in [1.82, 2.24) is 10.6 Å². The summed E-state index contributed by atoms with van der Waals surface area (Å²) in [7, 11) is -4.32. The number of hydrogen-bond acceptors (Lipinski definition) is 6. The lowest BCUT2D eigenvalue weighted by molar-refractivity contribution is -0.121. The van der Waals surface area contributed by atoms with Crippen LogP contribution >= 0.6 is 0 Å². The topological polar surface area (TPSA) is 125 Å². The number of benzene rings is 1. The second-order valence-corrected chi connectivity index (χ2v) is 6.23. The van der Waals surface area contributed by atoms with Crippen LogP contribution in [0.15, 0.2) is 30.3 Å². The third kappa shape index (κ3) is 10.3. The van der Waals surface area contributed by atoms with Gasteiger partial charge in [0, 0.05) is 19.5 Å². The van der Waals surface area contributed by atoms with Gasteiger partial charge in [-0.25, -0.2) is 13.2 Å². The summed E-state index contributed by atoms with van der Waals surface area (Å²) in [5, 5.41) is 4.81. The third-order valence-corrected chi connectivity index (χ3v) is 3.44. The molecule has 0 fully saturated rings. The zero-order valence-corrected chi connectivity index (χ0v) is 13.3. The molecule has 0 atom stereocenters. The lowest BCUT2D eigenvalue weighted by atomic mass is 10.2. The van der Waals surface area contributed by atoms with Crippen molar-refractivity contribution >= 4 is 22.1 Å². The molecule has 0 radical (unpaired) electrons. The quantitative estimate of drug-likeness (QED) is 0.492. The zero-order valence-electron chi connectivity index (χ0n) is 12.5. The molecule has 1 aromatic carbocycles. The van der Waals surface area contributed by atoms with Crippen LogP contribution in [-0.2, 0) is 26.3 Å². The summed E-state index contributed by atoms with van der Waals surface area (Å²) in [5.74, 6) is -1.02. The minimum absolute atomic E-state index is 0.109. The minimum atomic E-state index is -4.32. The van der Waals surface area contributed by atoms with E-state index in [-0.39, 0.29) is 32.0 Å². The van der Waals surface area contributed by atoms with Gasteiger partial charge in [-0.2, -0.15) is 0 Å². The molecule has 9 heteroatoms. The first kappa shape index (κ1) is 18.9. The Labute approximate surface area is 135 Å². The highest BCUT2D eigenvalue weighted by atomic mass is 32.2. The van der Waals surface area contributed by atoms with Gasteiger partial charge >= 0.3 is 6.09 Å². The van der Waals surface area contributed by atoms with Crippen LogP contribution in [0.2, 0.25) is 0 Å². The highest BCUT2D eigenvalue weighted by molar-refractivity contribution is 7.85. The molecule has 8 nitrogen and oxygen atoms in total. The fourth-order valence-corrected chi connectivity index (χ4v) is 1.97. The predicted octanol–water partition coefficient (Wildman–Crippen LogP) is 0.354. The van der Waals surface area contributed by atoms with Gasteiger partial charge in [-0.1, -0.05) is 30.3 Å². The SMILES string of the molecule is O=C(CCCNC(=O)OCc1ccccc1)NCCS(=O)(=O)[O-]. The molecule has 23 heavy (non-hydrogen) atoms. The van der Waals surface area contributed by atoms with Gasteiger partial charge in [-0.3, -0.25) is 4.79 Å². The van der Waals surface area contributed by atoms with Gasteiger partial charge < -0.3 is 19.9 Å². The Morgan fingerprint density at radius 2 is 1.78 bits per heavy atom. The van der Waals surface area contributed by atoms with E-state index in [0.29, 0.717) is 6.42 Å². The standard InChI is InChI=1S/C14H20N2O6S/c17-13(15-9-10-23(19,20)21)7-4-8-16-14(18)22-11-12-5-2-1-3-6-12/h1-3,5-6H,4,7-11H2,(H,15,17)(H,16,18)(H,19,20,21)/p-1. The van der Waals surface area contributed by atoms with Gasteiger partial charge in [0.2, 0.25) is 5.91 Å². The summed E-state index contributed by atoms with van der Waals surface area (Å²) in [6, 6.07) is 9.21. The molecule has 0 aliphatic carbocycles. The summed E-state index contributed by atoms with van der Waals surface area (Å²) >= 11 is 0. The average molecular weight is 343 g/mol. The molecule has 0 heterocycles. The third-order valence-electron chi connectivity index (χ3n) is 2.74. The maximum Gasteiger partial charge on any atom is 0.407 e. The molecule has 0 bridgehead atoms. The van der Waals surface area contributed by atoms with E-state index in [1.165, 1.54) is 0 Å². The van der Waals surface area contributed by atoms with Gasteiger partial charge in [-0.15, -0.1) is 0 Å². The van der Waals surface area contributed by atoms with Crippen LogP contribution in [0, 0.1) is 0 Å². The highest BCUT2D eigenvalue weighted by Crippen LogP contribution is 2.00. The van der Waals surface area contributed by atoms with Crippen molar-refractivity contribution in [3.8, 4) is 0 Å². The summed E-state index contributed by atoms with van der Waals surface area (Å²) in [6.07, 6.45) is -0.0967. The van der Waals surface area contributed by atoms with Crippen LogP contribution in [0.25, 0.3) is 0 Å². The lowest BCUT2D eigenvalue weighted by Crippen LogP contribution is -2.30. The van der Waals surface area contributed by atoms with Crippen LogP contribution in [0.1, 0.15) is 18.4 Å². The van der Waals surface area contributed by atoms with Crippen molar-refractivity contribution in [3.05, 3.63) is 35.9 Å². The lowest BCUT2D eigenvalue weighted by Gasteiger charge is -2.09. The molecule has 0 unspecified atom stereocenters. The number of carbonyl (C=O) groups excluding carboxylic acids is 2. The zero-order chi connectivity index (χ0) is 17.1. The van der Waals surface area contributed by atoms with Crippen LogP contribution in [0.3, 0.4) is 0 Å². The monoisotopic (exact) mass is 343 g/mol. The molecule has 0 saturated heterocycles. The summed E-state index contributed by atoms with van der Waals surface area (Å²) in [6.45, 7) is 0.203. The molecular weight excluding hydrogens is 324 g/mol. The van der Waals surface area contributed by atoms with Gasteiger partial charge in [0.1, 0.15) is 6.61 Å². The summed E-state index contributed by atoms with van der Waals surface area (Å²) < 4.78 is 36.0. The van der Waals surface area contributed by atoms with E-state index < -0.39 is 22.0 Å². The van der Waals surface area contributed by atoms with Crippen molar-refractivity contribution in [2.75, 3.05) is 18.8 Å². The molecule has 0 aliphatic rings. The molecule has 0 aliphatic heterocycles. The van der Waals surface area contributed by atoms with E-state index in [9.17, 15) is 22.6 Å². The molecule has 0 saturated carbocycles. The second-order valence-electron chi connectivity index (χ2n) is 4.70. The first-order valence-corrected chi connectivity index (χ1v) is 8.59. The van der Waals surface area contributed by atoms with Crippen molar-refractivity contribution in [1.29, 1.82) is 0 Å². The largest absolute Gasteiger partial charge is 0.748 e. The van der Waals surface area contributed by atoms with Crippen molar-refractivity contribution in [2.45, 2.75) is 19.4 Å². The van der Waals surface area contributed by atoms with E-state index in [4.69, 9.17) is 4.74 Å². The van der Waals surface area contributed by atoms with Gasteiger partial charge in [-0.05, 0) is 12.0 Å². The highest BCUT2D eigenvalue weighted by Gasteiger charge is 2.04. The fourth-order valence-electron chi connectivity index (χ4n) is 1.62. The number of nitrogens with one attached hydrogen (secondary N) is 2. The maximum atomic E-state index is 11.4. The van der Waals surface area contributed by atoms with Gasteiger partial charge in [0.05, 0.1) is 15.9 Å². The molecule has 1 rings (SSSR count). The molecule has 1 aromatic rings. The summed E-state index contributed by atoms with van der Waals surface area (Å²) in [4.78, 5) is 22.7. The summed E-state index contributed by atoms with van der Waals surface area (Å²) in [5.41, 5.74) is 0.871. The Kier molecular flexibility index (Phi) is 8.06. The number of ether oxygens (including phenoxy) is 1. The molecule has 2 amide bonds. The Bertz CT molecular complexity index is 603. The van der Waals surface area contributed by atoms with E-state index in [1.54, 1.807) is 0 Å². The Morgan fingerprint density at radius 3 is 2.43 bits per heavy atom. The van der Waals surface area contributed by atoms with Crippen LogP contribution in [0.5, 0.6) is 0 Å². The van der Waals surface area contributed by atoms with Crippen molar-refractivity contribution in [3.63, 3.8) is 0 Å². The predicted molar refractivity (Wildman–Crippen MR) is 81.4 cm³/mol. The van der Waals surface area contributed by atoms with Crippen LogP contribution in [-0.4, -0.2) is 43.8 Å². The first-order valence-electron chi connectivity index (χ1n) is 7.01. The van der Waals surface area contributed by atoms with E-state index in [0.717, 1.165) is 5.56 Å². The Morgan fingerprint density at radius 1 is 1.09 bits per heavy atom. The number of hydrogen-bond donors (Lipinski definition) is 2. The number of rotatable bonds is 9. The molecule has 0 spiro atoms. The average Bonchev–Trinajstić information content (AvgIpc) is 2.49. The molecule has 128 valence electrons. The number of alkyl carbamates (subject to hydrolysis) is 1. The fraction of sp³-hybridized carbons (Fsp3) is 0.429. The van der Waals surface area contributed by atoms with E-state index in [1.807, 2.05) is 30.3 Å².